The molecule has 1 saturated heterocycles. The van der Waals surface area contributed by atoms with E-state index in [1.165, 1.54) is 28.0 Å². The molecule has 0 saturated carbocycles. The lowest BCUT2D eigenvalue weighted by Crippen LogP contribution is -2.39. The Kier molecular flexibility index (Phi) is 7.77. The molecule has 2 aliphatic rings. The van der Waals surface area contributed by atoms with Crippen LogP contribution in [0.25, 0.3) is 6.08 Å². The first kappa shape index (κ1) is 25.9. The molecule has 10 heteroatoms. The highest BCUT2D eigenvalue weighted by molar-refractivity contribution is 7.89. The van der Waals surface area contributed by atoms with Gasteiger partial charge < -0.3 is 9.47 Å². The van der Waals surface area contributed by atoms with Crippen LogP contribution in [-0.4, -0.2) is 56.9 Å². The number of benzene rings is 2. The zero-order valence-electron chi connectivity index (χ0n) is 20.3. The summed E-state index contributed by atoms with van der Waals surface area (Å²) < 4.78 is 38.6. The number of amides is 1. The van der Waals surface area contributed by atoms with Gasteiger partial charge in [-0.1, -0.05) is 12.1 Å². The van der Waals surface area contributed by atoms with Gasteiger partial charge in [0.05, 0.1) is 19.1 Å². The minimum Gasteiger partial charge on any atom is -0.493 e. The quantitative estimate of drug-likeness (QED) is 0.315. The summed E-state index contributed by atoms with van der Waals surface area (Å²) in [5.74, 6) is 0.701. The molecule has 0 bridgehead atoms. The smallest absolute Gasteiger partial charge is 0.267 e. The Labute approximate surface area is 210 Å². The van der Waals surface area contributed by atoms with E-state index < -0.39 is 15.9 Å². The first-order valence-electron chi connectivity index (χ1n) is 11.8. The third-order valence-corrected chi connectivity index (χ3v) is 8.83. The van der Waals surface area contributed by atoms with Crippen molar-refractivity contribution >= 4 is 27.8 Å². The number of rotatable bonds is 8. The second kappa shape index (κ2) is 10.8. The van der Waals surface area contributed by atoms with E-state index >= 15 is 0 Å². The summed E-state index contributed by atoms with van der Waals surface area (Å²) in [6.45, 7) is 0.769. The number of piperidine rings is 1. The van der Waals surface area contributed by atoms with Crippen molar-refractivity contribution < 1.29 is 32.7 Å². The molecule has 1 atom stereocenters. The average Bonchev–Trinajstić information content (AvgIpc) is 3.20. The summed E-state index contributed by atoms with van der Waals surface area (Å²) >= 11 is 0. The van der Waals surface area contributed by atoms with Crippen molar-refractivity contribution in [1.82, 2.24) is 9.79 Å². The van der Waals surface area contributed by atoms with Crippen molar-refractivity contribution in [3.05, 3.63) is 59.2 Å². The third-order valence-electron chi connectivity index (χ3n) is 6.94. The number of hydrogen-bond donors (Lipinski definition) is 2. The highest BCUT2D eigenvalue weighted by Gasteiger charge is 2.36. The van der Waals surface area contributed by atoms with Gasteiger partial charge in [-0.2, -0.15) is 4.31 Å². The molecule has 1 unspecified atom stereocenters. The molecule has 0 radical (unpaired) electrons. The SMILES string of the molecule is COc1cc2c(cc1OC)C(=O)C(CC1CCN(S(=O)(=O)c3cccc(/C=C/C(=O)NO)c3)CC1)C2. The number of methoxy groups -OCH3 is 2. The highest BCUT2D eigenvalue weighted by atomic mass is 32.2. The minimum atomic E-state index is -3.69. The predicted molar refractivity (Wildman–Crippen MR) is 133 cm³/mol. The van der Waals surface area contributed by atoms with E-state index in [0.717, 1.165) is 18.1 Å². The van der Waals surface area contributed by atoms with Crippen LogP contribution in [0.3, 0.4) is 0 Å². The third kappa shape index (κ3) is 5.30. The normalized spacial score (nSPS) is 18.9. The Bertz CT molecular complexity index is 1280. The maximum atomic E-state index is 13.2. The van der Waals surface area contributed by atoms with Gasteiger partial charge in [-0.3, -0.25) is 14.8 Å². The first-order valence-corrected chi connectivity index (χ1v) is 13.2. The van der Waals surface area contributed by atoms with Gasteiger partial charge in [-0.15, -0.1) is 0 Å². The lowest BCUT2D eigenvalue weighted by Gasteiger charge is -2.32. The van der Waals surface area contributed by atoms with Crippen LogP contribution in [0, 0.1) is 11.8 Å². The van der Waals surface area contributed by atoms with Crippen molar-refractivity contribution in [2.75, 3.05) is 27.3 Å². The number of hydroxylamine groups is 1. The molecule has 2 aromatic rings. The molecular formula is C26H30N2O7S. The fraction of sp³-hybridized carbons (Fsp3) is 0.385. The summed E-state index contributed by atoms with van der Waals surface area (Å²) in [4.78, 5) is 24.4. The topological polar surface area (TPSA) is 122 Å². The molecule has 0 spiro atoms. The summed E-state index contributed by atoms with van der Waals surface area (Å²) in [7, 11) is -0.575. The fourth-order valence-corrected chi connectivity index (χ4v) is 6.54. The van der Waals surface area contributed by atoms with Crippen LogP contribution >= 0.6 is 0 Å². The zero-order chi connectivity index (χ0) is 25.9. The Hall–Kier alpha value is -3.21. The van der Waals surface area contributed by atoms with Gasteiger partial charge in [-0.25, -0.2) is 13.9 Å². The Morgan fingerprint density at radius 1 is 1.14 bits per heavy atom. The maximum absolute atomic E-state index is 13.2. The van der Waals surface area contributed by atoms with Gasteiger partial charge >= 0.3 is 0 Å². The monoisotopic (exact) mass is 514 g/mol. The number of ether oxygens (including phenoxy) is 2. The molecule has 1 aliphatic carbocycles. The van der Waals surface area contributed by atoms with Crippen LogP contribution in [0.15, 0.2) is 47.4 Å². The molecule has 192 valence electrons. The first-order chi connectivity index (χ1) is 17.3. The van der Waals surface area contributed by atoms with Gasteiger partial charge in [0.15, 0.2) is 17.3 Å². The molecule has 9 nitrogen and oxygen atoms in total. The molecule has 2 N–H and O–H groups in total. The number of Topliss-reactive ketones (excluding diaryl/α,β-unsaturated/α-hetero) is 1. The van der Waals surface area contributed by atoms with Gasteiger partial charge in [0.25, 0.3) is 5.91 Å². The predicted octanol–water partition coefficient (Wildman–Crippen LogP) is 3.07. The molecule has 0 aromatic heterocycles. The van der Waals surface area contributed by atoms with Crippen molar-refractivity contribution in [3.63, 3.8) is 0 Å². The number of nitrogens with zero attached hydrogens (tertiary/aromatic N) is 1. The second-order valence-electron chi connectivity index (χ2n) is 9.09. The van der Waals surface area contributed by atoms with Gasteiger partial charge in [-0.05, 0) is 73.1 Å². The molecule has 1 amide bonds. The van der Waals surface area contributed by atoms with Crippen LogP contribution in [0.1, 0.15) is 40.7 Å². The average molecular weight is 515 g/mol. The number of carbonyl (C=O) groups excluding carboxylic acids is 2. The Morgan fingerprint density at radius 3 is 2.50 bits per heavy atom. The number of carbonyl (C=O) groups is 2. The molecular weight excluding hydrogens is 484 g/mol. The largest absolute Gasteiger partial charge is 0.493 e. The summed E-state index contributed by atoms with van der Waals surface area (Å²) in [6.07, 6.45) is 5.29. The molecule has 4 rings (SSSR count). The maximum Gasteiger partial charge on any atom is 0.267 e. The highest BCUT2D eigenvalue weighted by Crippen LogP contribution is 2.39. The zero-order valence-corrected chi connectivity index (χ0v) is 21.1. The number of ketones is 1. The standard InChI is InChI=1S/C26H30N2O7S/c1-34-23-15-19-14-20(26(30)22(19)16-24(23)35-2)12-18-8-10-28(11-9-18)36(32,33)21-5-3-4-17(13-21)6-7-25(29)27-31/h3-7,13,15-16,18,20,31H,8-12,14H2,1-2H3,(H,27,29)/b7-6+. The molecule has 2 aromatic carbocycles. The Balaban J connectivity index is 1.38. The number of hydrogen-bond acceptors (Lipinski definition) is 7. The molecule has 1 fully saturated rings. The number of fused-ring (bicyclic) bond motifs is 1. The van der Waals surface area contributed by atoms with Crippen molar-refractivity contribution in [1.29, 1.82) is 0 Å². The molecule has 1 aliphatic heterocycles. The van der Waals surface area contributed by atoms with Crippen LogP contribution in [-0.2, 0) is 21.2 Å². The molecule has 36 heavy (non-hydrogen) atoms. The summed E-state index contributed by atoms with van der Waals surface area (Å²) in [6, 6.07) is 9.95. The van der Waals surface area contributed by atoms with Gasteiger partial charge in [0, 0.05) is 30.6 Å². The van der Waals surface area contributed by atoms with E-state index in [4.69, 9.17) is 14.7 Å². The lowest BCUT2D eigenvalue weighted by molar-refractivity contribution is -0.124. The van der Waals surface area contributed by atoms with Crippen LogP contribution in [0.5, 0.6) is 11.5 Å². The number of nitrogens with one attached hydrogen (secondary N) is 1. The van der Waals surface area contributed by atoms with Gasteiger partial charge in [0.2, 0.25) is 10.0 Å². The van der Waals surface area contributed by atoms with Crippen molar-refractivity contribution in [3.8, 4) is 11.5 Å². The van der Waals surface area contributed by atoms with E-state index in [-0.39, 0.29) is 22.5 Å². The Morgan fingerprint density at radius 2 is 1.83 bits per heavy atom. The fourth-order valence-electron chi connectivity index (χ4n) is 5.01. The van der Waals surface area contributed by atoms with E-state index in [1.807, 2.05) is 6.07 Å². The van der Waals surface area contributed by atoms with Crippen LogP contribution < -0.4 is 15.0 Å². The summed E-state index contributed by atoms with van der Waals surface area (Å²) in [5.41, 5.74) is 3.67. The van der Waals surface area contributed by atoms with E-state index in [1.54, 1.807) is 32.4 Å². The molecule has 1 heterocycles. The van der Waals surface area contributed by atoms with E-state index in [2.05, 4.69) is 0 Å². The van der Waals surface area contributed by atoms with Crippen LogP contribution in [0.4, 0.5) is 0 Å². The van der Waals surface area contributed by atoms with Crippen LogP contribution in [0.2, 0.25) is 0 Å². The van der Waals surface area contributed by atoms with Gasteiger partial charge in [0.1, 0.15) is 0 Å². The van der Waals surface area contributed by atoms with Crippen molar-refractivity contribution in [2.45, 2.75) is 30.6 Å². The lowest BCUT2D eigenvalue weighted by atomic mass is 9.86. The minimum absolute atomic E-state index is 0.112. The number of sulfonamides is 1. The van der Waals surface area contributed by atoms with E-state index in [9.17, 15) is 18.0 Å². The second-order valence-corrected chi connectivity index (χ2v) is 11.0. The van der Waals surface area contributed by atoms with E-state index in [0.29, 0.717) is 55.0 Å². The van der Waals surface area contributed by atoms with Crippen molar-refractivity contribution in [2.24, 2.45) is 11.8 Å². The summed E-state index contributed by atoms with van der Waals surface area (Å²) in [5, 5.41) is 8.60.